The van der Waals surface area contributed by atoms with Gasteiger partial charge < -0.3 is 15.5 Å². The molecule has 0 bridgehead atoms. The Morgan fingerprint density at radius 3 is 2.43 bits per heavy atom. The van der Waals surface area contributed by atoms with E-state index in [0.717, 1.165) is 17.8 Å². The molecule has 0 aromatic heterocycles. The van der Waals surface area contributed by atoms with Crippen molar-refractivity contribution in [3.05, 3.63) is 64.2 Å². The number of nitrogens with one attached hydrogen (secondary N) is 2. The first-order valence-electron chi connectivity index (χ1n) is 8.31. The molecule has 0 atom stereocenters. The highest BCUT2D eigenvalue weighted by atomic mass is 19.4. The van der Waals surface area contributed by atoms with Gasteiger partial charge in [-0.1, -0.05) is 18.2 Å². The van der Waals surface area contributed by atoms with Crippen LogP contribution < -0.4 is 15.5 Å². The van der Waals surface area contributed by atoms with E-state index in [1.807, 2.05) is 30.3 Å². The number of hydrogen-bond donors (Lipinski definition) is 2. The van der Waals surface area contributed by atoms with Gasteiger partial charge in [0, 0.05) is 31.9 Å². The van der Waals surface area contributed by atoms with Gasteiger partial charge in [-0.15, -0.1) is 0 Å². The first-order valence-corrected chi connectivity index (χ1v) is 8.31. The molecule has 0 radical (unpaired) electrons. The van der Waals surface area contributed by atoms with Crippen LogP contribution in [0.5, 0.6) is 0 Å². The Kier molecular flexibility index (Phi) is 6.80. The van der Waals surface area contributed by atoms with Crippen LogP contribution in [0.3, 0.4) is 0 Å². The van der Waals surface area contributed by atoms with Crippen molar-refractivity contribution >= 4 is 23.0 Å². The first kappa shape index (κ1) is 21.0. The van der Waals surface area contributed by atoms with Crippen molar-refractivity contribution < 1.29 is 22.9 Å². The molecule has 0 spiro atoms. The van der Waals surface area contributed by atoms with E-state index in [9.17, 15) is 28.1 Å². The normalized spacial score (nSPS) is 11.0. The fraction of sp³-hybridized carbons (Fsp3) is 0.278. The summed E-state index contributed by atoms with van der Waals surface area (Å²) < 4.78 is 38.1. The summed E-state index contributed by atoms with van der Waals surface area (Å²) in [5, 5.41) is 16.3. The summed E-state index contributed by atoms with van der Waals surface area (Å²) >= 11 is 0. The van der Waals surface area contributed by atoms with E-state index in [4.69, 9.17) is 0 Å². The predicted molar refractivity (Wildman–Crippen MR) is 99.3 cm³/mol. The van der Waals surface area contributed by atoms with Gasteiger partial charge in [-0.3, -0.25) is 14.9 Å². The van der Waals surface area contributed by atoms with Crippen LogP contribution in [-0.4, -0.2) is 37.5 Å². The number of halogens is 3. The lowest BCUT2D eigenvalue weighted by Gasteiger charge is -2.18. The molecule has 10 heteroatoms. The number of carbonyl (C=O) groups is 1. The van der Waals surface area contributed by atoms with E-state index in [-0.39, 0.29) is 31.2 Å². The van der Waals surface area contributed by atoms with Gasteiger partial charge in [-0.2, -0.15) is 13.2 Å². The van der Waals surface area contributed by atoms with Crippen LogP contribution in [0.1, 0.15) is 5.56 Å². The number of para-hydroxylation sites is 1. The number of nitro groups is 1. The highest BCUT2D eigenvalue weighted by Gasteiger charge is 2.32. The Hall–Kier alpha value is -3.30. The summed E-state index contributed by atoms with van der Waals surface area (Å²) in [4.78, 5) is 23.8. The Bertz CT molecular complexity index is 829. The summed E-state index contributed by atoms with van der Waals surface area (Å²) in [5.74, 6) is -0.255. The third-order valence-electron chi connectivity index (χ3n) is 3.86. The fourth-order valence-electron chi connectivity index (χ4n) is 2.45. The van der Waals surface area contributed by atoms with Crippen LogP contribution >= 0.6 is 0 Å². The average Bonchev–Trinajstić information content (AvgIpc) is 2.65. The van der Waals surface area contributed by atoms with Gasteiger partial charge in [-0.05, 0) is 24.3 Å². The van der Waals surface area contributed by atoms with Crippen molar-refractivity contribution in [3.63, 3.8) is 0 Å². The number of amides is 1. The maximum Gasteiger partial charge on any atom is 0.416 e. The van der Waals surface area contributed by atoms with Crippen LogP contribution in [0.2, 0.25) is 0 Å². The summed E-state index contributed by atoms with van der Waals surface area (Å²) in [6, 6.07) is 11.5. The summed E-state index contributed by atoms with van der Waals surface area (Å²) in [6.07, 6.45) is -4.66. The van der Waals surface area contributed by atoms with E-state index in [1.54, 1.807) is 11.9 Å². The second-order valence-electron chi connectivity index (χ2n) is 5.96. The van der Waals surface area contributed by atoms with Crippen molar-refractivity contribution in [2.24, 2.45) is 0 Å². The van der Waals surface area contributed by atoms with Crippen molar-refractivity contribution in [1.82, 2.24) is 5.32 Å². The lowest BCUT2D eigenvalue weighted by molar-refractivity contribution is -0.384. The number of alkyl halides is 3. The van der Waals surface area contributed by atoms with Gasteiger partial charge in [0.25, 0.3) is 5.69 Å². The number of likely N-dealkylation sites (N-methyl/N-ethyl adjacent to an activating group) is 1. The summed E-state index contributed by atoms with van der Waals surface area (Å²) in [5.41, 5.74) is -0.947. The monoisotopic (exact) mass is 396 g/mol. The number of anilines is 2. The average molecular weight is 396 g/mol. The molecule has 0 aliphatic heterocycles. The van der Waals surface area contributed by atoms with Crippen LogP contribution in [0.15, 0.2) is 48.5 Å². The van der Waals surface area contributed by atoms with Gasteiger partial charge in [0.1, 0.15) is 5.69 Å². The van der Waals surface area contributed by atoms with Crippen LogP contribution in [0.4, 0.5) is 30.2 Å². The number of nitro benzene ring substituents is 1. The van der Waals surface area contributed by atoms with Crippen molar-refractivity contribution in [2.45, 2.75) is 6.18 Å². The molecule has 0 aliphatic carbocycles. The zero-order valence-corrected chi connectivity index (χ0v) is 15.0. The van der Waals surface area contributed by atoms with Crippen LogP contribution in [0.25, 0.3) is 0 Å². The molecule has 150 valence electrons. The van der Waals surface area contributed by atoms with Gasteiger partial charge in [0.15, 0.2) is 0 Å². The SMILES string of the molecule is CN(CC(=O)NCCNc1ccc(C(F)(F)F)cc1[N+](=O)[O-])c1ccccc1. The number of benzene rings is 2. The van der Waals surface area contributed by atoms with Gasteiger partial charge in [-0.25, -0.2) is 0 Å². The summed E-state index contributed by atoms with van der Waals surface area (Å²) in [7, 11) is 1.76. The molecule has 2 aromatic rings. The molecule has 7 nitrogen and oxygen atoms in total. The molecule has 1 amide bonds. The molecule has 0 heterocycles. The lowest BCUT2D eigenvalue weighted by Crippen LogP contribution is -2.37. The minimum absolute atomic E-state index is 0.0475. The first-order chi connectivity index (χ1) is 13.2. The lowest BCUT2D eigenvalue weighted by atomic mass is 10.1. The molecule has 0 unspecified atom stereocenters. The highest BCUT2D eigenvalue weighted by Crippen LogP contribution is 2.34. The minimum atomic E-state index is -4.66. The Balaban J connectivity index is 1.86. The van der Waals surface area contributed by atoms with E-state index in [2.05, 4.69) is 10.6 Å². The Morgan fingerprint density at radius 2 is 1.82 bits per heavy atom. The van der Waals surface area contributed by atoms with Gasteiger partial charge >= 0.3 is 6.18 Å². The Labute approximate surface area is 159 Å². The van der Waals surface area contributed by atoms with Gasteiger partial charge in [0.2, 0.25) is 5.91 Å². The van der Waals surface area contributed by atoms with E-state index in [0.29, 0.717) is 6.07 Å². The van der Waals surface area contributed by atoms with E-state index in [1.165, 1.54) is 0 Å². The number of nitrogens with zero attached hydrogens (tertiary/aromatic N) is 2. The maximum absolute atomic E-state index is 12.7. The topological polar surface area (TPSA) is 87.5 Å². The molecular weight excluding hydrogens is 377 g/mol. The molecule has 0 aliphatic rings. The Morgan fingerprint density at radius 1 is 1.14 bits per heavy atom. The fourth-order valence-corrected chi connectivity index (χ4v) is 2.45. The third kappa shape index (κ3) is 5.86. The maximum atomic E-state index is 12.7. The van der Waals surface area contributed by atoms with E-state index >= 15 is 0 Å². The number of carbonyl (C=O) groups excluding carboxylic acids is 1. The molecule has 2 N–H and O–H groups in total. The zero-order chi connectivity index (χ0) is 20.7. The number of rotatable bonds is 8. The molecule has 0 saturated carbocycles. The molecule has 2 aromatic carbocycles. The standard InChI is InChI=1S/C18H19F3N4O3/c1-24(14-5-3-2-4-6-14)12-17(26)23-10-9-22-15-8-7-13(18(19,20)21)11-16(15)25(27)28/h2-8,11,22H,9-10,12H2,1H3,(H,23,26). The quantitative estimate of drug-likeness (QED) is 0.406. The molecule has 0 fully saturated rings. The second kappa shape index (κ2) is 9.07. The molecular formula is C18H19F3N4O3. The zero-order valence-electron chi connectivity index (χ0n) is 15.0. The largest absolute Gasteiger partial charge is 0.416 e. The van der Waals surface area contributed by atoms with Gasteiger partial charge in [0.05, 0.1) is 17.0 Å². The molecule has 0 saturated heterocycles. The molecule has 28 heavy (non-hydrogen) atoms. The number of hydrogen-bond acceptors (Lipinski definition) is 5. The third-order valence-corrected chi connectivity index (χ3v) is 3.86. The minimum Gasteiger partial charge on any atom is -0.378 e. The predicted octanol–water partition coefficient (Wildman–Crippen LogP) is 3.28. The molecule has 2 rings (SSSR count). The second-order valence-corrected chi connectivity index (χ2v) is 5.96. The highest BCUT2D eigenvalue weighted by molar-refractivity contribution is 5.81. The smallest absolute Gasteiger partial charge is 0.378 e. The van der Waals surface area contributed by atoms with Crippen molar-refractivity contribution in [2.75, 3.05) is 36.9 Å². The van der Waals surface area contributed by atoms with Crippen molar-refractivity contribution in [3.8, 4) is 0 Å². The van der Waals surface area contributed by atoms with E-state index < -0.39 is 22.4 Å². The van der Waals surface area contributed by atoms with Crippen LogP contribution in [-0.2, 0) is 11.0 Å². The van der Waals surface area contributed by atoms with Crippen molar-refractivity contribution in [1.29, 1.82) is 0 Å². The van der Waals surface area contributed by atoms with Crippen LogP contribution in [0, 0.1) is 10.1 Å². The summed E-state index contributed by atoms with van der Waals surface area (Å²) in [6.45, 7) is 0.386.